The van der Waals surface area contributed by atoms with E-state index in [4.69, 9.17) is 4.74 Å². The highest BCUT2D eigenvalue weighted by Gasteiger charge is 2.23. The van der Waals surface area contributed by atoms with Crippen molar-refractivity contribution in [3.8, 4) is 5.75 Å². The molecule has 0 bridgehead atoms. The van der Waals surface area contributed by atoms with Gasteiger partial charge in [0.1, 0.15) is 11.9 Å². The number of aliphatic hydroxyl groups is 1. The summed E-state index contributed by atoms with van der Waals surface area (Å²) < 4.78 is 5.74. The molecule has 2 aliphatic rings. The molecule has 1 aromatic heterocycles. The van der Waals surface area contributed by atoms with Crippen LogP contribution in [-0.4, -0.2) is 58.8 Å². The van der Waals surface area contributed by atoms with Crippen molar-refractivity contribution < 1.29 is 9.84 Å². The molecule has 0 spiro atoms. The molecule has 0 unspecified atom stereocenters. The molecule has 1 aromatic carbocycles. The van der Waals surface area contributed by atoms with Crippen LogP contribution in [-0.2, 0) is 6.42 Å². The van der Waals surface area contributed by atoms with Crippen LogP contribution >= 0.6 is 0 Å². The van der Waals surface area contributed by atoms with E-state index in [-0.39, 0.29) is 6.10 Å². The second-order valence-electron chi connectivity index (χ2n) is 6.85. The Balaban J connectivity index is 1.33. The van der Waals surface area contributed by atoms with E-state index in [0.29, 0.717) is 6.54 Å². The van der Waals surface area contributed by atoms with Crippen molar-refractivity contribution in [3.05, 3.63) is 47.8 Å². The van der Waals surface area contributed by atoms with E-state index in [2.05, 4.69) is 32.8 Å². The predicted molar refractivity (Wildman–Crippen MR) is 95.9 cm³/mol. The van der Waals surface area contributed by atoms with Gasteiger partial charge in [-0.3, -0.25) is 4.90 Å². The molecule has 0 amide bonds. The lowest BCUT2D eigenvalue weighted by atomic mass is 10.0. The minimum absolute atomic E-state index is 0.232. The minimum atomic E-state index is -0.472. The summed E-state index contributed by atoms with van der Waals surface area (Å²) >= 11 is 0. The molecule has 25 heavy (non-hydrogen) atoms. The number of nitrogens with zero attached hydrogens (tertiary/aromatic N) is 4. The summed E-state index contributed by atoms with van der Waals surface area (Å²) in [6, 6.07) is 7.90. The zero-order valence-corrected chi connectivity index (χ0v) is 14.5. The first kappa shape index (κ1) is 16.3. The van der Waals surface area contributed by atoms with Gasteiger partial charge in [0.05, 0.1) is 6.10 Å². The Kier molecular flexibility index (Phi) is 4.55. The van der Waals surface area contributed by atoms with Gasteiger partial charge in [0.25, 0.3) is 0 Å². The molecule has 2 aromatic rings. The highest BCUT2D eigenvalue weighted by Crippen LogP contribution is 2.31. The second-order valence-corrected chi connectivity index (χ2v) is 6.85. The Hall–Kier alpha value is -2.18. The average Bonchev–Trinajstić information content (AvgIpc) is 3.02. The zero-order valence-electron chi connectivity index (χ0n) is 14.5. The topological polar surface area (TPSA) is 61.7 Å². The molecule has 4 rings (SSSR count). The number of β-amino-alcohol motifs (C(OH)–C–C–N with tert-alkyl or cyclic N) is 1. The van der Waals surface area contributed by atoms with Gasteiger partial charge in [-0.2, -0.15) is 0 Å². The molecular weight excluding hydrogens is 316 g/mol. The largest absolute Gasteiger partial charge is 0.490 e. The van der Waals surface area contributed by atoms with Crippen LogP contribution in [0.2, 0.25) is 0 Å². The maximum absolute atomic E-state index is 10.6. The Morgan fingerprint density at radius 3 is 2.72 bits per heavy atom. The molecule has 1 N–H and O–H groups in total. The van der Waals surface area contributed by atoms with Gasteiger partial charge in [-0.1, -0.05) is 6.07 Å². The molecule has 2 aliphatic heterocycles. The second kappa shape index (κ2) is 6.98. The van der Waals surface area contributed by atoms with Crippen molar-refractivity contribution in [2.45, 2.75) is 25.6 Å². The van der Waals surface area contributed by atoms with Crippen molar-refractivity contribution in [1.82, 2.24) is 14.9 Å². The van der Waals surface area contributed by atoms with Crippen LogP contribution in [0.5, 0.6) is 5.75 Å². The molecular formula is C19H24N4O2. The van der Waals surface area contributed by atoms with Gasteiger partial charge in [0, 0.05) is 51.5 Å². The number of hydrogen-bond acceptors (Lipinski definition) is 6. The zero-order chi connectivity index (χ0) is 17.2. The molecule has 2 atom stereocenters. The molecule has 6 heteroatoms. The molecule has 0 radical (unpaired) electrons. The fraction of sp³-hybridized carbons (Fsp3) is 0.474. The molecule has 0 aliphatic carbocycles. The van der Waals surface area contributed by atoms with Crippen LogP contribution in [0.15, 0.2) is 36.7 Å². The molecule has 1 saturated heterocycles. The monoisotopic (exact) mass is 340 g/mol. The Morgan fingerprint density at radius 2 is 1.96 bits per heavy atom. The maximum Gasteiger partial charge on any atom is 0.225 e. The number of ether oxygens (including phenoxy) is 1. The Morgan fingerprint density at radius 1 is 1.20 bits per heavy atom. The van der Waals surface area contributed by atoms with Gasteiger partial charge in [-0.25, -0.2) is 9.97 Å². The quantitative estimate of drug-likeness (QED) is 0.913. The lowest BCUT2D eigenvalue weighted by molar-refractivity contribution is 0.109. The van der Waals surface area contributed by atoms with Gasteiger partial charge in [-0.15, -0.1) is 0 Å². The van der Waals surface area contributed by atoms with Crippen LogP contribution in [0.1, 0.15) is 24.2 Å². The van der Waals surface area contributed by atoms with Gasteiger partial charge in [-0.05, 0) is 36.2 Å². The lowest BCUT2D eigenvalue weighted by Crippen LogP contribution is -2.48. The van der Waals surface area contributed by atoms with Crippen molar-refractivity contribution in [2.24, 2.45) is 0 Å². The summed E-state index contributed by atoms with van der Waals surface area (Å²) in [5.74, 6) is 1.75. The fourth-order valence-electron chi connectivity index (χ4n) is 3.58. The minimum Gasteiger partial charge on any atom is -0.490 e. The van der Waals surface area contributed by atoms with Crippen LogP contribution in [0.3, 0.4) is 0 Å². The first-order valence-corrected chi connectivity index (χ1v) is 8.91. The van der Waals surface area contributed by atoms with E-state index in [9.17, 15) is 5.11 Å². The molecule has 0 saturated carbocycles. The number of aliphatic hydroxyl groups excluding tert-OH is 1. The highest BCUT2D eigenvalue weighted by atomic mass is 16.5. The summed E-state index contributed by atoms with van der Waals surface area (Å²) in [7, 11) is 0. The van der Waals surface area contributed by atoms with Crippen LogP contribution in [0.25, 0.3) is 0 Å². The number of benzene rings is 1. The van der Waals surface area contributed by atoms with Crippen molar-refractivity contribution in [2.75, 3.05) is 37.6 Å². The number of rotatable bonds is 4. The lowest BCUT2D eigenvalue weighted by Gasteiger charge is -2.35. The third-order valence-electron chi connectivity index (χ3n) is 4.94. The number of anilines is 1. The summed E-state index contributed by atoms with van der Waals surface area (Å²) in [6.07, 6.45) is 4.23. The van der Waals surface area contributed by atoms with Crippen LogP contribution in [0, 0.1) is 0 Å². The van der Waals surface area contributed by atoms with Gasteiger partial charge < -0.3 is 14.7 Å². The van der Waals surface area contributed by atoms with E-state index < -0.39 is 6.10 Å². The summed E-state index contributed by atoms with van der Waals surface area (Å²) in [5, 5.41) is 10.6. The number of fused-ring (bicyclic) bond motifs is 1. The predicted octanol–water partition coefficient (Wildman–Crippen LogP) is 1.66. The van der Waals surface area contributed by atoms with Crippen molar-refractivity contribution in [1.29, 1.82) is 0 Å². The van der Waals surface area contributed by atoms with Gasteiger partial charge in [0.15, 0.2) is 0 Å². The Bertz CT molecular complexity index is 717. The maximum atomic E-state index is 10.6. The molecule has 1 fully saturated rings. The van der Waals surface area contributed by atoms with Crippen LogP contribution in [0.4, 0.5) is 5.95 Å². The first-order valence-electron chi connectivity index (χ1n) is 8.91. The summed E-state index contributed by atoms with van der Waals surface area (Å²) in [4.78, 5) is 13.1. The molecule has 6 nitrogen and oxygen atoms in total. The number of hydrogen-bond donors (Lipinski definition) is 1. The van der Waals surface area contributed by atoms with E-state index >= 15 is 0 Å². The molecule has 132 valence electrons. The third-order valence-corrected chi connectivity index (χ3v) is 4.94. The number of aromatic nitrogens is 2. The average molecular weight is 340 g/mol. The van der Waals surface area contributed by atoms with E-state index in [1.807, 2.05) is 18.2 Å². The number of piperazine rings is 1. The van der Waals surface area contributed by atoms with Crippen molar-refractivity contribution in [3.63, 3.8) is 0 Å². The standard InChI is InChI=1S/C19H24N4O2/c1-14-11-16-12-15(3-4-18(16)25-14)17(24)13-22-7-9-23(10-8-22)19-20-5-2-6-21-19/h2-6,12,14,17,24H,7-11,13H2,1H3/t14-,17-/m0/s1. The molecule has 3 heterocycles. The van der Waals surface area contributed by atoms with Gasteiger partial charge in [0.2, 0.25) is 5.95 Å². The van der Waals surface area contributed by atoms with Gasteiger partial charge >= 0.3 is 0 Å². The summed E-state index contributed by atoms with van der Waals surface area (Å²) in [5.41, 5.74) is 2.18. The van der Waals surface area contributed by atoms with Crippen molar-refractivity contribution >= 4 is 5.95 Å². The SMILES string of the molecule is C[C@H]1Cc2cc([C@@H](O)CN3CCN(c4ncccn4)CC3)ccc2O1. The van der Waals surface area contributed by atoms with Crippen LogP contribution < -0.4 is 9.64 Å². The van der Waals surface area contributed by atoms with E-state index in [1.54, 1.807) is 12.4 Å². The fourth-order valence-corrected chi connectivity index (χ4v) is 3.58. The normalized spacial score (nSPS) is 21.7. The smallest absolute Gasteiger partial charge is 0.225 e. The highest BCUT2D eigenvalue weighted by molar-refractivity contribution is 5.41. The first-order chi connectivity index (χ1) is 12.2. The van der Waals surface area contributed by atoms with E-state index in [0.717, 1.165) is 49.9 Å². The third kappa shape index (κ3) is 3.60. The summed E-state index contributed by atoms with van der Waals surface area (Å²) in [6.45, 7) is 6.30. The van der Waals surface area contributed by atoms with E-state index in [1.165, 1.54) is 5.56 Å². The Labute approximate surface area is 148 Å².